The van der Waals surface area contributed by atoms with Gasteiger partial charge in [-0.25, -0.2) is 13.1 Å². The van der Waals surface area contributed by atoms with E-state index in [1.807, 2.05) is 6.07 Å². The predicted molar refractivity (Wildman–Crippen MR) is 146 cm³/mol. The molecule has 0 saturated carbocycles. The molecule has 3 rings (SSSR count). The minimum Gasteiger partial charge on any atom is -0.355 e. The maximum Gasteiger partial charge on any atom is 0.304 e. The number of carbonyl (C=O) groups is 2. The van der Waals surface area contributed by atoms with E-state index in [1.165, 1.54) is 49.3 Å². The van der Waals surface area contributed by atoms with E-state index < -0.39 is 46.2 Å². The van der Waals surface area contributed by atoms with Gasteiger partial charge in [-0.1, -0.05) is 48.5 Å². The van der Waals surface area contributed by atoms with Gasteiger partial charge >= 0.3 is 10.2 Å². The molecule has 1 atom stereocenters. The van der Waals surface area contributed by atoms with Gasteiger partial charge in [0.2, 0.25) is 11.8 Å². The van der Waals surface area contributed by atoms with Crippen LogP contribution in [0, 0.1) is 11.6 Å². The lowest BCUT2D eigenvalue weighted by atomic mass is 10.0. The SMILES string of the molecule is CCNC(=O)C(Cc1ccccc1)N(Cc1ccccc1F)C(=O)CN(c1ccc(F)cc1)S(=O)(=O)N(C)C. The van der Waals surface area contributed by atoms with E-state index in [2.05, 4.69) is 5.32 Å². The number of likely N-dealkylation sites (N-methyl/N-ethyl adjacent to an activating group) is 1. The summed E-state index contributed by atoms with van der Waals surface area (Å²) in [6.07, 6.45) is 0.115. The first-order valence-electron chi connectivity index (χ1n) is 12.3. The molecule has 0 bridgehead atoms. The first kappa shape index (κ1) is 29.7. The Bertz CT molecular complexity index is 1370. The van der Waals surface area contributed by atoms with Crippen LogP contribution in [0.1, 0.15) is 18.1 Å². The third-order valence-electron chi connectivity index (χ3n) is 6.05. The quantitative estimate of drug-likeness (QED) is 0.369. The summed E-state index contributed by atoms with van der Waals surface area (Å²) in [5.74, 6) is -2.34. The number of rotatable bonds is 12. The van der Waals surface area contributed by atoms with E-state index in [0.717, 1.165) is 26.3 Å². The number of benzene rings is 3. The van der Waals surface area contributed by atoms with Gasteiger partial charge in [-0.15, -0.1) is 0 Å². The number of anilines is 1. The molecular weight excluding hydrogens is 526 g/mol. The van der Waals surface area contributed by atoms with Gasteiger partial charge < -0.3 is 10.2 Å². The Morgan fingerprint density at radius 3 is 2.10 bits per heavy atom. The number of nitrogens with one attached hydrogen (secondary N) is 1. The zero-order valence-corrected chi connectivity index (χ0v) is 22.9. The summed E-state index contributed by atoms with van der Waals surface area (Å²) >= 11 is 0. The van der Waals surface area contributed by atoms with Gasteiger partial charge in [0.1, 0.15) is 24.2 Å². The molecule has 3 aromatic carbocycles. The molecule has 0 aliphatic carbocycles. The van der Waals surface area contributed by atoms with Crippen LogP contribution in [0.5, 0.6) is 0 Å². The molecule has 0 spiro atoms. The molecule has 0 saturated heterocycles. The Labute approximate surface area is 228 Å². The van der Waals surface area contributed by atoms with E-state index in [9.17, 15) is 26.8 Å². The number of nitrogens with zero attached hydrogens (tertiary/aromatic N) is 3. The van der Waals surface area contributed by atoms with E-state index >= 15 is 0 Å². The summed E-state index contributed by atoms with van der Waals surface area (Å²) in [4.78, 5) is 28.4. The average molecular weight is 559 g/mol. The second kappa shape index (κ2) is 13.3. The number of hydrogen-bond donors (Lipinski definition) is 1. The molecular formula is C28H32F2N4O4S. The van der Waals surface area contributed by atoms with Crippen molar-refractivity contribution in [3.8, 4) is 0 Å². The highest BCUT2D eigenvalue weighted by Crippen LogP contribution is 2.22. The van der Waals surface area contributed by atoms with E-state index in [1.54, 1.807) is 37.3 Å². The molecule has 0 aliphatic rings. The predicted octanol–water partition coefficient (Wildman–Crippen LogP) is 3.35. The van der Waals surface area contributed by atoms with Crippen molar-refractivity contribution in [3.05, 3.63) is 102 Å². The third kappa shape index (κ3) is 7.61. The topological polar surface area (TPSA) is 90.0 Å². The van der Waals surface area contributed by atoms with E-state index in [0.29, 0.717) is 6.54 Å². The monoisotopic (exact) mass is 558 g/mol. The Kier molecular flexibility index (Phi) is 10.1. The summed E-state index contributed by atoms with van der Waals surface area (Å²) in [6.45, 7) is 1.05. The first-order valence-corrected chi connectivity index (χ1v) is 13.7. The first-order chi connectivity index (χ1) is 18.5. The second-order valence-corrected chi connectivity index (χ2v) is 11.1. The maximum absolute atomic E-state index is 14.7. The molecule has 0 aliphatic heterocycles. The molecule has 0 fully saturated rings. The Hall–Kier alpha value is -3.83. The van der Waals surface area contributed by atoms with E-state index in [-0.39, 0.29) is 24.2 Å². The van der Waals surface area contributed by atoms with Gasteiger partial charge in [-0.2, -0.15) is 12.7 Å². The van der Waals surface area contributed by atoms with Crippen molar-refractivity contribution >= 4 is 27.7 Å². The van der Waals surface area contributed by atoms with Gasteiger partial charge in [0.05, 0.1) is 5.69 Å². The van der Waals surface area contributed by atoms with Gasteiger partial charge in [-0.05, 0) is 42.8 Å². The Balaban J connectivity index is 2.08. The lowest BCUT2D eigenvalue weighted by Crippen LogP contribution is -2.54. The maximum atomic E-state index is 14.7. The molecule has 2 amide bonds. The fourth-order valence-electron chi connectivity index (χ4n) is 3.98. The van der Waals surface area contributed by atoms with Gasteiger partial charge in [0.25, 0.3) is 0 Å². The number of halogens is 2. The fourth-order valence-corrected chi connectivity index (χ4v) is 5.04. The van der Waals surface area contributed by atoms with E-state index in [4.69, 9.17) is 0 Å². The van der Waals surface area contributed by atoms with Crippen LogP contribution in [0.15, 0.2) is 78.9 Å². The molecule has 1 unspecified atom stereocenters. The zero-order chi connectivity index (χ0) is 28.6. The highest BCUT2D eigenvalue weighted by molar-refractivity contribution is 7.90. The van der Waals surface area contributed by atoms with Crippen LogP contribution in [0.2, 0.25) is 0 Å². The molecule has 11 heteroatoms. The fraction of sp³-hybridized carbons (Fsp3) is 0.286. The summed E-state index contributed by atoms with van der Waals surface area (Å²) in [6, 6.07) is 18.5. The minimum atomic E-state index is -4.21. The number of carbonyl (C=O) groups excluding carboxylic acids is 2. The van der Waals surface area contributed by atoms with Crippen LogP contribution in [0.4, 0.5) is 14.5 Å². The highest BCUT2D eigenvalue weighted by Gasteiger charge is 2.34. The number of hydrogen-bond acceptors (Lipinski definition) is 4. The van der Waals surface area contributed by atoms with Crippen LogP contribution in [-0.2, 0) is 32.8 Å². The molecule has 3 aromatic rings. The van der Waals surface area contributed by atoms with Crippen molar-refractivity contribution in [3.63, 3.8) is 0 Å². The molecule has 8 nitrogen and oxygen atoms in total. The van der Waals surface area contributed by atoms with Crippen molar-refractivity contribution < 1.29 is 26.8 Å². The van der Waals surface area contributed by atoms with Crippen LogP contribution >= 0.6 is 0 Å². The van der Waals surface area contributed by atoms with Crippen LogP contribution < -0.4 is 9.62 Å². The molecule has 0 radical (unpaired) electrons. The van der Waals surface area contributed by atoms with Crippen LogP contribution in [0.3, 0.4) is 0 Å². The van der Waals surface area contributed by atoms with Crippen molar-refractivity contribution in [2.24, 2.45) is 0 Å². The lowest BCUT2D eigenvalue weighted by Gasteiger charge is -2.34. The molecule has 39 heavy (non-hydrogen) atoms. The van der Waals surface area contributed by atoms with Crippen molar-refractivity contribution in [2.75, 3.05) is 31.5 Å². The van der Waals surface area contributed by atoms with Gasteiger partial charge in [0, 0.05) is 39.2 Å². The van der Waals surface area contributed by atoms with Crippen molar-refractivity contribution in [1.29, 1.82) is 0 Å². The summed E-state index contributed by atoms with van der Waals surface area (Å²) < 4.78 is 56.6. The lowest BCUT2D eigenvalue weighted by molar-refractivity contribution is -0.140. The van der Waals surface area contributed by atoms with Crippen molar-refractivity contribution in [1.82, 2.24) is 14.5 Å². The van der Waals surface area contributed by atoms with Gasteiger partial charge in [0.15, 0.2) is 0 Å². The molecule has 1 N–H and O–H groups in total. The highest BCUT2D eigenvalue weighted by atomic mass is 32.2. The minimum absolute atomic E-state index is 0.0573. The summed E-state index contributed by atoms with van der Waals surface area (Å²) in [5, 5.41) is 2.73. The largest absolute Gasteiger partial charge is 0.355 e. The molecule has 0 aromatic heterocycles. The Morgan fingerprint density at radius 2 is 1.51 bits per heavy atom. The molecule has 0 heterocycles. The zero-order valence-electron chi connectivity index (χ0n) is 22.1. The Morgan fingerprint density at radius 1 is 0.897 bits per heavy atom. The smallest absolute Gasteiger partial charge is 0.304 e. The van der Waals surface area contributed by atoms with Crippen molar-refractivity contribution in [2.45, 2.75) is 25.9 Å². The summed E-state index contributed by atoms with van der Waals surface area (Å²) in [5.41, 5.74) is 0.982. The van der Waals surface area contributed by atoms with Gasteiger partial charge in [-0.3, -0.25) is 9.59 Å². The normalized spacial score (nSPS) is 12.2. The number of amides is 2. The second-order valence-electron chi connectivity index (χ2n) is 8.99. The average Bonchev–Trinajstić information content (AvgIpc) is 2.91. The summed E-state index contributed by atoms with van der Waals surface area (Å²) in [7, 11) is -1.60. The molecule has 208 valence electrons. The standard InChI is InChI=1S/C28H32F2N4O4S/c1-4-31-28(36)26(18-21-10-6-5-7-11-21)33(19-22-12-8-9-13-25(22)30)27(35)20-34(39(37,38)32(2)3)24-16-14-23(29)15-17-24/h5-17,26H,4,18-20H2,1-3H3,(H,31,36). The van der Waals surface area contributed by atoms with Crippen LogP contribution in [0.25, 0.3) is 0 Å². The van der Waals surface area contributed by atoms with Crippen LogP contribution in [-0.4, -0.2) is 62.7 Å². The third-order valence-corrected chi connectivity index (χ3v) is 7.87.